The number of nitrogens with zero attached hydrogens (tertiary/aromatic N) is 3. The van der Waals surface area contributed by atoms with E-state index >= 15 is 0 Å². The molecule has 1 amide bonds. The number of anilines is 1. The maximum absolute atomic E-state index is 13.4. The number of amides is 1. The van der Waals surface area contributed by atoms with Crippen molar-refractivity contribution in [2.45, 2.75) is 57.9 Å². The number of carbonyl (C=O) groups excluding carboxylic acids is 1. The molecule has 1 saturated carbocycles. The predicted molar refractivity (Wildman–Crippen MR) is 103 cm³/mol. The van der Waals surface area contributed by atoms with E-state index in [2.05, 4.69) is 0 Å². The molecule has 172 valence electrons. The van der Waals surface area contributed by atoms with Gasteiger partial charge < -0.3 is 9.80 Å². The minimum Gasteiger partial charge on any atom is -0.350 e. The summed E-state index contributed by atoms with van der Waals surface area (Å²) in [5.74, 6) is -0.214. The van der Waals surface area contributed by atoms with Crippen LogP contribution in [-0.2, 0) is 11.0 Å². The number of benzene rings is 1. The first-order valence-electron chi connectivity index (χ1n) is 10.1. The van der Waals surface area contributed by atoms with Gasteiger partial charge in [0, 0.05) is 18.8 Å². The van der Waals surface area contributed by atoms with Gasteiger partial charge in [-0.3, -0.25) is 4.79 Å². The number of rotatable bonds is 9. The highest BCUT2D eigenvalue weighted by atomic mass is 19.4. The fraction of sp³-hybridized carbons (Fsp3) is 0.619. The van der Waals surface area contributed by atoms with Crippen LogP contribution in [0.5, 0.6) is 0 Å². The second kappa shape index (κ2) is 9.79. The third-order valence-electron chi connectivity index (χ3n) is 5.14. The van der Waals surface area contributed by atoms with Crippen molar-refractivity contribution in [3.8, 4) is 6.07 Å². The first kappa shape index (κ1) is 24.8. The van der Waals surface area contributed by atoms with Crippen LogP contribution in [0.4, 0.5) is 32.0 Å². The molecule has 0 spiro atoms. The number of hydrogen-bond donors (Lipinski definition) is 0. The Balaban J connectivity index is 2.48. The molecule has 0 saturated heterocycles. The van der Waals surface area contributed by atoms with E-state index in [0.717, 1.165) is 25.0 Å². The van der Waals surface area contributed by atoms with Crippen LogP contribution in [0.2, 0.25) is 0 Å². The van der Waals surface area contributed by atoms with Crippen molar-refractivity contribution in [3.63, 3.8) is 0 Å². The summed E-state index contributed by atoms with van der Waals surface area (Å²) in [6.45, 7) is 2.60. The highest BCUT2D eigenvalue weighted by Crippen LogP contribution is 2.36. The van der Waals surface area contributed by atoms with Crippen molar-refractivity contribution < 1.29 is 31.1 Å². The third-order valence-corrected chi connectivity index (χ3v) is 5.14. The average Bonchev–Trinajstić information content (AvgIpc) is 3.49. The summed E-state index contributed by atoms with van der Waals surface area (Å²) in [4.78, 5) is 15.4. The van der Waals surface area contributed by atoms with Gasteiger partial charge in [0.2, 0.25) is 5.91 Å². The average molecular weight is 449 g/mol. The largest absolute Gasteiger partial charge is 0.417 e. The molecule has 2 rings (SSSR count). The molecule has 0 aromatic heterocycles. The maximum atomic E-state index is 13.4. The summed E-state index contributed by atoms with van der Waals surface area (Å²) in [7, 11) is 0. The van der Waals surface area contributed by atoms with Gasteiger partial charge in [-0.2, -0.15) is 31.6 Å². The Kier molecular flexibility index (Phi) is 7.84. The van der Waals surface area contributed by atoms with Crippen LogP contribution in [0.1, 0.15) is 50.7 Å². The van der Waals surface area contributed by atoms with E-state index in [4.69, 9.17) is 5.26 Å². The third kappa shape index (κ3) is 6.77. The lowest BCUT2D eigenvalue weighted by Crippen LogP contribution is -2.52. The van der Waals surface area contributed by atoms with Gasteiger partial charge in [0.05, 0.1) is 17.2 Å². The second-order valence-electron chi connectivity index (χ2n) is 7.73. The molecule has 0 heterocycles. The van der Waals surface area contributed by atoms with Gasteiger partial charge in [0.25, 0.3) is 0 Å². The normalized spacial score (nSPS) is 15.3. The van der Waals surface area contributed by atoms with E-state index in [-0.39, 0.29) is 6.42 Å². The number of alkyl halides is 6. The van der Waals surface area contributed by atoms with Crippen LogP contribution in [0.15, 0.2) is 18.2 Å². The fourth-order valence-electron chi connectivity index (χ4n) is 3.53. The second-order valence-corrected chi connectivity index (χ2v) is 7.73. The summed E-state index contributed by atoms with van der Waals surface area (Å²) in [6.07, 6.45) is -7.17. The van der Waals surface area contributed by atoms with E-state index in [0.29, 0.717) is 36.4 Å². The zero-order chi connectivity index (χ0) is 23.4. The monoisotopic (exact) mass is 449 g/mol. The summed E-state index contributed by atoms with van der Waals surface area (Å²) in [6, 6.07) is 2.52. The topological polar surface area (TPSA) is 47.3 Å². The molecule has 0 N–H and O–H groups in total. The van der Waals surface area contributed by atoms with Crippen molar-refractivity contribution in [2.75, 3.05) is 24.5 Å². The van der Waals surface area contributed by atoms with Crippen molar-refractivity contribution in [1.82, 2.24) is 4.90 Å². The quantitative estimate of drug-likeness (QED) is 0.476. The summed E-state index contributed by atoms with van der Waals surface area (Å²) >= 11 is 0. The van der Waals surface area contributed by atoms with Crippen LogP contribution in [0.3, 0.4) is 0 Å². The molecule has 1 unspecified atom stereocenters. The van der Waals surface area contributed by atoms with Crippen LogP contribution < -0.4 is 4.90 Å². The smallest absolute Gasteiger partial charge is 0.350 e. The van der Waals surface area contributed by atoms with Gasteiger partial charge in [-0.05, 0) is 49.8 Å². The minimum atomic E-state index is -4.92. The molecule has 10 heteroatoms. The first-order valence-corrected chi connectivity index (χ1v) is 10.1. The highest BCUT2D eigenvalue weighted by Gasteiger charge is 2.40. The maximum Gasteiger partial charge on any atom is 0.417 e. The number of hydrogen-bond acceptors (Lipinski definition) is 3. The molecule has 0 aliphatic heterocycles. The lowest BCUT2D eigenvalue weighted by atomic mass is 10.0. The van der Waals surface area contributed by atoms with E-state index in [9.17, 15) is 31.1 Å². The van der Waals surface area contributed by atoms with Crippen molar-refractivity contribution in [2.24, 2.45) is 5.92 Å². The molecule has 0 radical (unpaired) electrons. The number of carbonyl (C=O) groups is 1. The van der Waals surface area contributed by atoms with Gasteiger partial charge in [0.1, 0.15) is 12.6 Å². The molecular weight excluding hydrogens is 424 g/mol. The summed E-state index contributed by atoms with van der Waals surface area (Å²) in [5, 5.41) is 8.96. The Hall–Kier alpha value is -2.44. The van der Waals surface area contributed by atoms with Crippen molar-refractivity contribution in [3.05, 3.63) is 29.3 Å². The molecule has 0 bridgehead atoms. The molecule has 1 aliphatic carbocycles. The van der Waals surface area contributed by atoms with Crippen LogP contribution in [0, 0.1) is 17.2 Å². The number of halogens is 6. The highest BCUT2D eigenvalue weighted by molar-refractivity contribution is 5.85. The van der Waals surface area contributed by atoms with Gasteiger partial charge >= 0.3 is 12.4 Å². The minimum absolute atomic E-state index is 0.0128. The molecule has 1 aliphatic rings. The van der Waals surface area contributed by atoms with Crippen LogP contribution >= 0.6 is 0 Å². The van der Waals surface area contributed by atoms with Gasteiger partial charge in [-0.1, -0.05) is 13.8 Å². The molecule has 31 heavy (non-hydrogen) atoms. The Morgan fingerprint density at radius 3 is 2.29 bits per heavy atom. The summed E-state index contributed by atoms with van der Waals surface area (Å²) in [5.41, 5.74) is -2.42. The van der Waals surface area contributed by atoms with Crippen LogP contribution in [-0.4, -0.2) is 42.7 Å². The van der Waals surface area contributed by atoms with Gasteiger partial charge in [-0.25, -0.2) is 0 Å². The zero-order valence-corrected chi connectivity index (χ0v) is 17.4. The van der Waals surface area contributed by atoms with E-state index < -0.39 is 47.7 Å². The first-order chi connectivity index (χ1) is 14.4. The fourth-order valence-corrected chi connectivity index (χ4v) is 3.53. The van der Waals surface area contributed by atoms with Crippen molar-refractivity contribution in [1.29, 1.82) is 5.26 Å². The molecule has 1 aromatic rings. The molecule has 1 aromatic carbocycles. The zero-order valence-electron chi connectivity index (χ0n) is 17.4. The Bertz CT molecular complexity index is 811. The van der Waals surface area contributed by atoms with Crippen LogP contribution in [0.25, 0.3) is 0 Å². The van der Waals surface area contributed by atoms with Gasteiger partial charge in [-0.15, -0.1) is 0 Å². The molecule has 1 atom stereocenters. The summed E-state index contributed by atoms with van der Waals surface area (Å²) < 4.78 is 80.2. The van der Waals surface area contributed by atoms with E-state index in [1.807, 2.05) is 6.92 Å². The van der Waals surface area contributed by atoms with Gasteiger partial charge in [0.15, 0.2) is 0 Å². The predicted octanol–water partition coefficient (Wildman–Crippen LogP) is 5.37. The van der Waals surface area contributed by atoms with Crippen molar-refractivity contribution >= 4 is 11.6 Å². The lowest BCUT2D eigenvalue weighted by Gasteiger charge is -2.36. The van der Waals surface area contributed by atoms with E-state index in [1.54, 1.807) is 0 Å². The Labute approximate surface area is 177 Å². The number of nitriles is 1. The molecular formula is C21H25F6N3O. The lowest BCUT2D eigenvalue weighted by molar-refractivity contribution is -0.137. The molecule has 1 fully saturated rings. The SMILES string of the molecule is CCCN(CC1CC1)C(=O)C(CC)N(CC(F)(F)F)c1ccc(C#N)c(C(F)(F)F)c1. The molecule has 4 nitrogen and oxygen atoms in total. The van der Waals surface area contributed by atoms with E-state index in [1.165, 1.54) is 17.9 Å². The standard InChI is InChI=1S/C21H25F6N3O/c1-3-9-29(12-14-5-6-14)19(31)18(4-2)30(13-20(22,23)24)16-8-7-15(11-28)17(10-16)21(25,26)27/h7-8,10,14,18H,3-6,9,12-13H2,1-2H3. The Morgan fingerprint density at radius 2 is 1.84 bits per heavy atom. The Morgan fingerprint density at radius 1 is 1.19 bits per heavy atom.